The van der Waals surface area contributed by atoms with Crippen molar-refractivity contribution in [2.75, 3.05) is 49.2 Å². The topological polar surface area (TPSA) is 126 Å². The molecule has 2 aliphatic heterocycles. The fraction of sp³-hybridized carbons (Fsp3) is 0.353. The maximum absolute atomic E-state index is 12.5. The molecule has 0 spiro atoms. The van der Waals surface area contributed by atoms with Gasteiger partial charge in [0.1, 0.15) is 5.82 Å². The van der Waals surface area contributed by atoms with Gasteiger partial charge < -0.3 is 24.7 Å². The van der Waals surface area contributed by atoms with Gasteiger partial charge in [0.05, 0.1) is 36.9 Å². The zero-order valence-electron chi connectivity index (χ0n) is 24.6. The van der Waals surface area contributed by atoms with E-state index in [9.17, 15) is 20.3 Å². The molecule has 1 aromatic heterocycles. The first-order valence-corrected chi connectivity index (χ1v) is 15.0. The highest BCUT2D eigenvalue weighted by molar-refractivity contribution is 5.94. The number of rotatable bonds is 9. The Bertz CT molecular complexity index is 1670. The van der Waals surface area contributed by atoms with E-state index in [2.05, 4.69) is 52.3 Å². The zero-order valence-corrected chi connectivity index (χ0v) is 24.6. The van der Waals surface area contributed by atoms with Crippen LogP contribution in [-0.2, 0) is 19.4 Å². The molecule has 10 heteroatoms. The zero-order chi connectivity index (χ0) is 30.5. The Morgan fingerprint density at radius 3 is 2.57 bits per heavy atom. The molecule has 4 aromatic rings. The van der Waals surface area contributed by atoms with Gasteiger partial charge in [-0.3, -0.25) is 4.90 Å². The summed E-state index contributed by atoms with van der Waals surface area (Å²) in [5, 5.41) is 31.8. The number of hydrogen-bond donors (Lipinski definition) is 2. The maximum atomic E-state index is 12.5. The number of anilines is 2. The number of benzene rings is 3. The van der Waals surface area contributed by atoms with Gasteiger partial charge in [-0.25, -0.2) is 4.79 Å². The summed E-state index contributed by atoms with van der Waals surface area (Å²) in [6.45, 7) is 2.60. The first kappa shape index (κ1) is 29.2. The van der Waals surface area contributed by atoms with E-state index in [1.807, 2.05) is 36.4 Å². The van der Waals surface area contributed by atoms with Crippen LogP contribution < -0.4 is 14.5 Å². The minimum Gasteiger partial charge on any atom is -0.465 e. The van der Waals surface area contributed by atoms with Gasteiger partial charge in [-0.15, -0.1) is 0 Å². The van der Waals surface area contributed by atoms with E-state index in [1.165, 1.54) is 15.7 Å². The number of nitrogens with zero attached hydrogens (tertiary/aromatic N) is 6. The average Bonchev–Trinajstić information content (AvgIpc) is 3.04. The number of carbonyl (C=O) groups is 1. The first-order chi connectivity index (χ1) is 21.5. The molecule has 1 unspecified atom stereocenters. The SMILES string of the molecule is N#CCC1(Cc2ccccc2)CN(c2nc(OCCCO)nc3c2CCN(c2cccc4ccccc24)C3)CCN1C(=O)O. The van der Waals surface area contributed by atoms with Crippen LogP contribution in [0.25, 0.3) is 10.8 Å². The van der Waals surface area contributed by atoms with Crippen LogP contribution in [0.2, 0.25) is 0 Å². The highest BCUT2D eigenvalue weighted by atomic mass is 16.5. The van der Waals surface area contributed by atoms with Crippen LogP contribution in [0, 0.1) is 11.3 Å². The lowest BCUT2D eigenvalue weighted by Crippen LogP contribution is -2.65. The predicted molar refractivity (Wildman–Crippen MR) is 168 cm³/mol. The van der Waals surface area contributed by atoms with Crippen molar-refractivity contribution in [1.82, 2.24) is 14.9 Å². The predicted octanol–water partition coefficient (Wildman–Crippen LogP) is 4.65. The molecule has 10 nitrogen and oxygen atoms in total. The van der Waals surface area contributed by atoms with Gasteiger partial charge in [-0.05, 0) is 29.9 Å². The van der Waals surface area contributed by atoms with Gasteiger partial charge in [0, 0.05) is 55.8 Å². The number of carboxylic acid groups (broad SMARTS) is 1. The lowest BCUT2D eigenvalue weighted by atomic mass is 9.83. The van der Waals surface area contributed by atoms with Gasteiger partial charge in [-0.2, -0.15) is 15.2 Å². The Balaban J connectivity index is 1.38. The molecule has 0 aliphatic carbocycles. The number of aliphatic hydroxyl groups excluding tert-OH is 1. The number of fused-ring (bicyclic) bond motifs is 2. The monoisotopic (exact) mass is 592 g/mol. The fourth-order valence-corrected chi connectivity index (χ4v) is 6.58. The molecule has 3 heterocycles. The molecule has 1 amide bonds. The van der Waals surface area contributed by atoms with E-state index >= 15 is 0 Å². The molecule has 1 fully saturated rings. The summed E-state index contributed by atoms with van der Waals surface area (Å²) in [5.41, 5.74) is 3.04. The number of aromatic nitrogens is 2. The number of aliphatic hydroxyl groups is 1. The lowest BCUT2D eigenvalue weighted by molar-refractivity contribution is 0.0668. The molecular weight excluding hydrogens is 556 g/mol. The second-order valence-corrected chi connectivity index (χ2v) is 11.4. The van der Waals surface area contributed by atoms with Crippen molar-refractivity contribution in [1.29, 1.82) is 5.26 Å². The minimum atomic E-state index is -1.03. The Morgan fingerprint density at radius 1 is 0.977 bits per heavy atom. The molecule has 44 heavy (non-hydrogen) atoms. The molecule has 2 aliphatic rings. The molecule has 2 N–H and O–H groups in total. The Labute approximate surface area is 256 Å². The molecule has 1 atom stereocenters. The van der Waals surface area contributed by atoms with Crippen LogP contribution in [-0.4, -0.2) is 76.1 Å². The normalized spacial score (nSPS) is 18.1. The van der Waals surface area contributed by atoms with Crippen molar-refractivity contribution in [3.05, 3.63) is 89.6 Å². The summed E-state index contributed by atoms with van der Waals surface area (Å²) in [5.74, 6) is 0.729. The van der Waals surface area contributed by atoms with E-state index in [0.717, 1.165) is 34.9 Å². The Kier molecular flexibility index (Phi) is 8.48. The minimum absolute atomic E-state index is 0.0000289. The third-order valence-corrected chi connectivity index (χ3v) is 8.63. The van der Waals surface area contributed by atoms with Crippen LogP contribution in [0.5, 0.6) is 6.01 Å². The largest absolute Gasteiger partial charge is 0.465 e. The van der Waals surface area contributed by atoms with Crippen LogP contribution >= 0.6 is 0 Å². The smallest absolute Gasteiger partial charge is 0.407 e. The summed E-state index contributed by atoms with van der Waals surface area (Å²) >= 11 is 0. The number of hydrogen-bond acceptors (Lipinski definition) is 8. The standard InChI is InChI=1S/C34H36N6O4/c35-16-15-34(22-25-8-2-1-3-9-25)24-39(18-19-40(34)33(42)43)31-28-14-17-38(23-29(28)36-32(37-31)44-21-7-20-41)30-13-6-11-26-10-4-5-12-27(26)30/h1-6,8-13,41H,7,14-15,17-24H2,(H,42,43). The summed E-state index contributed by atoms with van der Waals surface area (Å²) in [6.07, 6.45) is 0.587. The quantitative estimate of drug-likeness (QED) is 0.267. The molecular formula is C34H36N6O4. The number of amides is 1. The number of ether oxygens (including phenoxy) is 1. The van der Waals surface area contributed by atoms with Gasteiger partial charge in [-0.1, -0.05) is 66.7 Å². The summed E-state index contributed by atoms with van der Waals surface area (Å²) in [4.78, 5) is 28.1. The molecule has 0 saturated carbocycles. The lowest BCUT2D eigenvalue weighted by Gasteiger charge is -2.49. The van der Waals surface area contributed by atoms with Crippen LogP contribution in [0.3, 0.4) is 0 Å². The molecule has 3 aromatic carbocycles. The van der Waals surface area contributed by atoms with Gasteiger partial charge in [0.2, 0.25) is 0 Å². The average molecular weight is 593 g/mol. The third kappa shape index (κ3) is 5.83. The molecule has 0 radical (unpaired) electrons. The van der Waals surface area contributed by atoms with Crippen molar-refractivity contribution >= 4 is 28.4 Å². The Hall–Kier alpha value is -4.88. The molecule has 226 valence electrons. The summed E-state index contributed by atoms with van der Waals surface area (Å²) in [6, 6.07) is 26.9. The maximum Gasteiger partial charge on any atom is 0.407 e. The van der Waals surface area contributed by atoms with Crippen LogP contribution in [0.1, 0.15) is 29.7 Å². The summed E-state index contributed by atoms with van der Waals surface area (Å²) in [7, 11) is 0. The summed E-state index contributed by atoms with van der Waals surface area (Å²) < 4.78 is 5.93. The van der Waals surface area contributed by atoms with E-state index in [-0.39, 0.29) is 32.2 Å². The van der Waals surface area contributed by atoms with Gasteiger partial charge in [0.15, 0.2) is 0 Å². The van der Waals surface area contributed by atoms with Crippen LogP contribution in [0.15, 0.2) is 72.8 Å². The van der Waals surface area contributed by atoms with Crippen molar-refractivity contribution in [3.63, 3.8) is 0 Å². The molecule has 1 saturated heterocycles. The van der Waals surface area contributed by atoms with Crippen molar-refractivity contribution in [3.8, 4) is 12.1 Å². The number of piperazine rings is 1. The highest BCUT2D eigenvalue weighted by Gasteiger charge is 2.45. The Morgan fingerprint density at radius 2 is 1.77 bits per heavy atom. The van der Waals surface area contributed by atoms with Gasteiger partial charge >= 0.3 is 12.1 Å². The molecule has 0 bridgehead atoms. The first-order valence-electron chi connectivity index (χ1n) is 15.0. The van der Waals surface area contributed by atoms with Crippen molar-refractivity contribution in [2.24, 2.45) is 0 Å². The molecule has 6 rings (SSSR count). The second-order valence-electron chi connectivity index (χ2n) is 11.4. The highest BCUT2D eigenvalue weighted by Crippen LogP contribution is 2.37. The fourth-order valence-electron chi connectivity index (χ4n) is 6.58. The number of nitriles is 1. The van der Waals surface area contributed by atoms with E-state index in [1.54, 1.807) is 0 Å². The van der Waals surface area contributed by atoms with Crippen LogP contribution in [0.4, 0.5) is 16.3 Å². The van der Waals surface area contributed by atoms with Gasteiger partial charge in [0.25, 0.3) is 0 Å². The van der Waals surface area contributed by atoms with E-state index in [0.29, 0.717) is 38.9 Å². The van der Waals surface area contributed by atoms with Crippen molar-refractivity contribution in [2.45, 2.75) is 37.8 Å². The second kappa shape index (κ2) is 12.8. The third-order valence-electron chi connectivity index (χ3n) is 8.63. The van der Waals surface area contributed by atoms with E-state index in [4.69, 9.17) is 14.7 Å². The van der Waals surface area contributed by atoms with Crippen molar-refractivity contribution < 1.29 is 19.7 Å². The van der Waals surface area contributed by atoms with E-state index < -0.39 is 11.6 Å².